The Kier molecular flexibility index (Phi) is 5.53. The SMILES string of the molecule is O=C(CNc1ccccc1C(=O)Nc1ccc(Cl)cc1)NC(C1CC1)C1CC1. The molecule has 6 heteroatoms. The van der Waals surface area contributed by atoms with Crippen molar-refractivity contribution in [3.05, 3.63) is 59.1 Å². The number of rotatable bonds is 8. The van der Waals surface area contributed by atoms with E-state index in [1.165, 1.54) is 25.7 Å². The van der Waals surface area contributed by atoms with Crippen molar-refractivity contribution in [3.63, 3.8) is 0 Å². The van der Waals surface area contributed by atoms with Crippen molar-refractivity contribution < 1.29 is 9.59 Å². The lowest BCUT2D eigenvalue weighted by Crippen LogP contribution is -2.41. The molecule has 28 heavy (non-hydrogen) atoms. The molecule has 0 heterocycles. The number of halogens is 1. The van der Waals surface area contributed by atoms with Crippen molar-refractivity contribution >= 4 is 34.8 Å². The minimum atomic E-state index is -0.236. The van der Waals surface area contributed by atoms with Gasteiger partial charge in [0, 0.05) is 22.4 Å². The average Bonchev–Trinajstić information content (AvgIpc) is 3.60. The highest BCUT2D eigenvalue weighted by atomic mass is 35.5. The molecule has 4 rings (SSSR count). The summed E-state index contributed by atoms with van der Waals surface area (Å²) in [7, 11) is 0. The molecule has 0 aromatic heterocycles. The molecule has 0 aliphatic heterocycles. The van der Waals surface area contributed by atoms with Crippen LogP contribution in [0.1, 0.15) is 36.0 Å². The first-order valence-electron chi connectivity index (χ1n) is 9.79. The Hall–Kier alpha value is -2.53. The third kappa shape index (κ3) is 4.84. The smallest absolute Gasteiger partial charge is 0.257 e. The van der Waals surface area contributed by atoms with Crippen LogP contribution in [-0.2, 0) is 4.79 Å². The van der Waals surface area contributed by atoms with Gasteiger partial charge in [-0.05, 0) is 73.9 Å². The lowest BCUT2D eigenvalue weighted by molar-refractivity contribution is -0.120. The number of hydrogen-bond donors (Lipinski definition) is 3. The molecule has 2 amide bonds. The fourth-order valence-corrected chi connectivity index (χ4v) is 3.64. The molecule has 2 saturated carbocycles. The van der Waals surface area contributed by atoms with Crippen molar-refractivity contribution in [2.75, 3.05) is 17.2 Å². The Morgan fingerprint density at radius 1 is 0.964 bits per heavy atom. The van der Waals surface area contributed by atoms with E-state index in [1.54, 1.807) is 36.4 Å². The van der Waals surface area contributed by atoms with Gasteiger partial charge in [-0.2, -0.15) is 0 Å². The second-order valence-electron chi connectivity index (χ2n) is 7.63. The van der Waals surface area contributed by atoms with Gasteiger partial charge in [-0.3, -0.25) is 9.59 Å². The van der Waals surface area contributed by atoms with E-state index in [4.69, 9.17) is 11.6 Å². The topological polar surface area (TPSA) is 70.2 Å². The Morgan fingerprint density at radius 3 is 2.25 bits per heavy atom. The highest BCUT2D eigenvalue weighted by Crippen LogP contribution is 2.44. The first-order chi connectivity index (χ1) is 13.6. The van der Waals surface area contributed by atoms with Crippen molar-refractivity contribution in [2.45, 2.75) is 31.7 Å². The highest BCUT2D eigenvalue weighted by Gasteiger charge is 2.42. The monoisotopic (exact) mass is 397 g/mol. The third-order valence-corrected chi connectivity index (χ3v) is 5.55. The van der Waals surface area contributed by atoms with Crippen molar-refractivity contribution in [1.82, 2.24) is 5.32 Å². The number of para-hydroxylation sites is 1. The Labute approximate surface area is 169 Å². The highest BCUT2D eigenvalue weighted by molar-refractivity contribution is 6.30. The Balaban J connectivity index is 1.36. The van der Waals surface area contributed by atoms with Gasteiger partial charge in [0.2, 0.25) is 5.91 Å². The van der Waals surface area contributed by atoms with Crippen molar-refractivity contribution in [1.29, 1.82) is 0 Å². The maximum Gasteiger partial charge on any atom is 0.257 e. The second-order valence-corrected chi connectivity index (χ2v) is 8.06. The first-order valence-corrected chi connectivity index (χ1v) is 10.2. The van der Waals surface area contributed by atoms with Crippen molar-refractivity contribution in [2.24, 2.45) is 11.8 Å². The first kappa shape index (κ1) is 18.8. The van der Waals surface area contributed by atoms with Crippen LogP contribution in [0.15, 0.2) is 48.5 Å². The molecule has 3 N–H and O–H groups in total. The van der Waals surface area contributed by atoms with Crippen molar-refractivity contribution in [3.8, 4) is 0 Å². The van der Waals surface area contributed by atoms with E-state index in [1.807, 2.05) is 12.1 Å². The Morgan fingerprint density at radius 2 is 1.61 bits per heavy atom. The summed E-state index contributed by atoms with van der Waals surface area (Å²) >= 11 is 5.88. The summed E-state index contributed by atoms with van der Waals surface area (Å²) in [6.07, 6.45) is 4.90. The van der Waals surface area contributed by atoms with Crippen LogP contribution in [0.2, 0.25) is 5.02 Å². The van der Waals surface area contributed by atoms with E-state index >= 15 is 0 Å². The molecule has 2 aromatic carbocycles. The number of hydrogen-bond acceptors (Lipinski definition) is 3. The zero-order valence-corrected chi connectivity index (χ0v) is 16.3. The molecule has 0 saturated heterocycles. The standard InChI is InChI=1S/C22H24ClN3O2/c23-16-9-11-17(12-10-16)25-22(28)18-3-1-2-4-19(18)24-13-20(27)26-21(14-5-6-14)15-7-8-15/h1-4,9-12,14-15,21,24H,5-8,13H2,(H,25,28)(H,26,27). The van der Waals surface area contributed by atoms with E-state index < -0.39 is 0 Å². The molecular formula is C22H24ClN3O2. The largest absolute Gasteiger partial charge is 0.376 e. The van der Waals surface area contributed by atoms with E-state index in [2.05, 4.69) is 16.0 Å². The van der Waals surface area contributed by atoms with Gasteiger partial charge in [0.25, 0.3) is 5.91 Å². The summed E-state index contributed by atoms with van der Waals surface area (Å²) in [4.78, 5) is 25.1. The summed E-state index contributed by atoms with van der Waals surface area (Å²) in [6.45, 7) is 0.154. The van der Waals surface area contributed by atoms with Gasteiger partial charge in [0.1, 0.15) is 0 Å². The van der Waals surface area contributed by atoms with Crippen LogP contribution in [0.25, 0.3) is 0 Å². The summed E-state index contributed by atoms with van der Waals surface area (Å²) in [5.41, 5.74) is 1.79. The number of nitrogens with one attached hydrogen (secondary N) is 3. The lowest BCUT2D eigenvalue weighted by Gasteiger charge is -2.18. The van der Waals surface area contributed by atoms with Gasteiger partial charge in [0.15, 0.2) is 0 Å². The molecular weight excluding hydrogens is 374 g/mol. The van der Waals surface area contributed by atoms with Gasteiger partial charge in [-0.15, -0.1) is 0 Å². The number of carbonyl (C=O) groups excluding carboxylic acids is 2. The number of anilines is 2. The van der Waals surface area contributed by atoms with E-state index in [0.717, 1.165) is 0 Å². The maximum absolute atomic E-state index is 12.7. The molecule has 2 aromatic rings. The average molecular weight is 398 g/mol. The Bertz CT molecular complexity index is 848. The van der Waals surface area contributed by atoms with Crippen LogP contribution < -0.4 is 16.0 Å². The van der Waals surface area contributed by atoms with E-state index in [-0.39, 0.29) is 18.4 Å². The minimum absolute atomic E-state index is 0.0169. The van der Waals surface area contributed by atoms with Crippen LogP contribution in [0.4, 0.5) is 11.4 Å². The molecule has 0 unspecified atom stereocenters. The van der Waals surface area contributed by atoms with Gasteiger partial charge >= 0.3 is 0 Å². The quantitative estimate of drug-likeness (QED) is 0.621. The summed E-state index contributed by atoms with van der Waals surface area (Å²) in [6, 6.07) is 14.5. The lowest BCUT2D eigenvalue weighted by atomic mass is 10.1. The van der Waals surface area contributed by atoms with Gasteiger partial charge in [-0.25, -0.2) is 0 Å². The number of benzene rings is 2. The normalized spacial score (nSPS) is 15.9. The molecule has 146 valence electrons. The molecule has 5 nitrogen and oxygen atoms in total. The molecule has 0 atom stereocenters. The van der Waals surface area contributed by atoms with Gasteiger partial charge < -0.3 is 16.0 Å². The molecule has 0 radical (unpaired) electrons. The second kappa shape index (κ2) is 8.23. The number of carbonyl (C=O) groups is 2. The molecule has 2 aliphatic rings. The number of amides is 2. The zero-order valence-electron chi connectivity index (χ0n) is 15.6. The molecule has 2 fully saturated rings. The molecule has 0 spiro atoms. The van der Waals surface area contributed by atoms with Crippen LogP contribution in [-0.4, -0.2) is 24.4 Å². The maximum atomic E-state index is 12.7. The van der Waals surface area contributed by atoms with Gasteiger partial charge in [-0.1, -0.05) is 23.7 Å². The minimum Gasteiger partial charge on any atom is -0.376 e. The fourth-order valence-electron chi connectivity index (χ4n) is 3.51. The predicted octanol–water partition coefficient (Wildman–Crippen LogP) is 4.31. The summed E-state index contributed by atoms with van der Waals surface area (Å²) < 4.78 is 0. The van der Waals surface area contributed by atoms with E-state index in [9.17, 15) is 9.59 Å². The van der Waals surface area contributed by atoms with Crippen LogP contribution >= 0.6 is 11.6 Å². The van der Waals surface area contributed by atoms with Crippen LogP contribution in [0.3, 0.4) is 0 Å². The fraction of sp³-hybridized carbons (Fsp3) is 0.364. The van der Waals surface area contributed by atoms with E-state index in [0.29, 0.717) is 39.8 Å². The summed E-state index contributed by atoms with van der Waals surface area (Å²) in [5.74, 6) is 1.07. The van der Waals surface area contributed by atoms with Crippen LogP contribution in [0, 0.1) is 11.8 Å². The third-order valence-electron chi connectivity index (χ3n) is 5.30. The molecule has 0 bridgehead atoms. The summed E-state index contributed by atoms with van der Waals surface area (Å²) in [5, 5.41) is 9.78. The van der Waals surface area contributed by atoms with Crippen LogP contribution in [0.5, 0.6) is 0 Å². The molecule has 2 aliphatic carbocycles. The predicted molar refractivity (Wildman–Crippen MR) is 112 cm³/mol. The van der Waals surface area contributed by atoms with Gasteiger partial charge in [0.05, 0.1) is 12.1 Å². The zero-order chi connectivity index (χ0) is 19.5.